The van der Waals surface area contributed by atoms with Crippen LogP contribution in [0.5, 0.6) is 0 Å². The van der Waals surface area contributed by atoms with Crippen LogP contribution in [0.1, 0.15) is 34.6 Å². The summed E-state index contributed by atoms with van der Waals surface area (Å²) < 4.78 is 118. The minimum Gasteiger partial charge on any atom is 0 e. The summed E-state index contributed by atoms with van der Waals surface area (Å²) in [4.78, 5) is 3.03. The van der Waals surface area contributed by atoms with E-state index in [1.165, 1.54) is 29.6 Å². The Hall–Kier alpha value is 0.339. The third-order valence-electron chi connectivity index (χ3n) is 3.87. The van der Waals surface area contributed by atoms with Gasteiger partial charge in [0.2, 0.25) is 0 Å². The van der Waals surface area contributed by atoms with Crippen LogP contribution < -0.4 is 4.99 Å². The molecule has 2 fully saturated rings. The molecule has 16 heteroatoms. The van der Waals surface area contributed by atoms with Gasteiger partial charge in [-0.2, -0.15) is 0 Å². The summed E-state index contributed by atoms with van der Waals surface area (Å²) in [6.07, 6.45) is 10.1. The van der Waals surface area contributed by atoms with Crippen molar-refractivity contribution < 1.29 is 75.5 Å². The fourth-order valence-corrected chi connectivity index (χ4v) is 2.01. The second kappa shape index (κ2) is 10.8. The standard InChI is InChI=1S/C10H15.C7H8N.2F6P.Ir/c1-6-7(2)9(4)10(5)8(6)3;1-8-7-5-3-2-4-6-7;2*1-7(2,3,4,5)6;/h1-5H3;2-6H,1H3;;;/q;;2*-1;/p+1. The Bertz CT molecular complexity index is 525. The molecule has 11 radical (unpaired) electrons. The molecule has 0 spiro atoms. The van der Waals surface area contributed by atoms with Crippen LogP contribution in [0.4, 0.5) is 50.4 Å². The van der Waals surface area contributed by atoms with Crippen LogP contribution in [0.15, 0.2) is 0 Å². The summed E-state index contributed by atoms with van der Waals surface area (Å²) in [7, 11) is -19.4. The first kappa shape index (κ1) is 37.9. The molecule has 2 saturated carbocycles. The van der Waals surface area contributed by atoms with Crippen molar-refractivity contribution in [2.45, 2.75) is 34.6 Å². The number of halogens is 12. The molecule has 0 aromatic heterocycles. The Morgan fingerprint density at radius 1 is 0.485 bits per heavy atom. The van der Waals surface area contributed by atoms with E-state index in [-0.39, 0.29) is 20.1 Å². The van der Waals surface area contributed by atoms with Crippen molar-refractivity contribution in [3.05, 3.63) is 61.7 Å². The molecule has 201 valence electrons. The molecule has 0 amide bonds. The first-order valence-corrected chi connectivity index (χ1v) is 12.5. The third-order valence-corrected chi connectivity index (χ3v) is 3.87. The molecule has 0 aromatic rings. The summed E-state index contributed by atoms with van der Waals surface area (Å²) in [6.45, 7) is 11.0. The van der Waals surface area contributed by atoms with E-state index < -0.39 is 15.6 Å². The van der Waals surface area contributed by atoms with Crippen LogP contribution in [-0.2, 0) is 20.1 Å². The molecule has 0 saturated heterocycles. The Morgan fingerprint density at radius 2 is 0.667 bits per heavy atom. The number of nitrogens with one attached hydrogen (secondary N) is 1. The van der Waals surface area contributed by atoms with Gasteiger partial charge < -0.3 is 0 Å². The van der Waals surface area contributed by atoms with Crippen LogP contribution in [-0.4, -0.2) is 12.8 Å². The molecule has 1 nitrogen and oxygen atoms in total. The molecule has 0 aliphatic heterocycles. The fourth-order valence-electron chi connectivity index (χ4n) is 2.01. The van der Waals surface area contributed by atoms with Gasteiger partial charge in [0.15, 0.2) is 5.71 Å². The van der Waals surface area contributed by atoms with Crippen molar-refractivity contribution in [3.63, 3.8) is 0 Å². The number of hydrogen-bond acceptors (Lipinski definition) is 0. The summed E-state index contributed by atoms with van der Waals surface area (Å²) >= 11 is 0. The topological polar surface area (TPSA) is 14.0 Å². The third kappa shape index (κ3) is 32.3. The zero-order chi connectivity index (χ0) is 26.5. The van der Waals surface area contributed by atoms with Gasteiger partial charge in [0.1, 0.15) is 7.05 Å². The van der Waals surface area contributed by atoms with E-state index in [0.717, 1.165) is 5.71 Å². The van der Waals surface area contributed by atoms with Gasteiger partial charge in [-0.05, 0) is 48.9 Å². The first-order chi connectivity index (χ1) is 13.4. The second-order valence-corrected chi connectivity index (χ2v) is 10.5. The predicted molar refractivity (Wildman–Crippen MR) is 105 cm³/mol. The summed E-state index contributed by atoms with van der Waals surface area (Å²) in [5, 5.41) is 0. The van der Waals surface area contributed by atoms with Gasteiger partial charge in [0.25, 0.3) is 0 Å². The minimum atomic E-state index is -10.7. The zero-order valence-electron chi connectivity index (χ0n) is 18.2. The van der Waals surface area contributed by atoms with Crippen LogP contribution >= 0.6 is 15.6 Å². The molecule has 33 heavy (non-hydrogen) atoms. The van der Waals surface area contributed by atoms with E-state index >= 15 is 0 Å². The van der Waals surface area contributed by atoms with Gasteiger partial charge in [-0.15, -0.1) is 0 Å². The summed E-state index contributed by atoms with van der Waals surface area (Å²) in [6, 6.07) is 0. The predicted octanol–water partition coefficient (Wildman–Crippen LogP) is 8.91. The molecule has 1 N–H and O–H groups in total. The minimum absolute atomic E-state index is 0. The quantitative estimate of drug-likeness (QED) is 0.190. The van der Waals surface area contributed by atoms with Gasteiger partial charge in [0, 0.05) is 20.1 Å². The van der Waals surface area contributed by atoms with Crippen molar-refractivity contribution in [2.75, 3.05) is 7.05 Å². The van der Waals surface area contributed by atoms with Crippen molar-refractivity contribution >= 4 is 21.3 Å². The number of rotatable bonds is 0. The summed E-state index contributed by atoms with van der Waals surface area (Å²) in [5.74, 6) is 7.34. The van der Waals surface area contributed by atoms with Crippen molar-refractivity contribution in [3.8, 4) is 0 Å². The average Bonchev–Trinajstić information content (AvgIpc) is 2.68. The molecular formula is C17H24F12IrNP2-. The molecule has 0 unspecified atom stereocenters. The maximum Gasteiger partial charge on any atom is 0 e. The van der Waals surface area contributed by atoms with Gasteiger partial charge in [-0.1, -0.05) is 34.6 Å². The van der Waals surface area contributed by atoms with E-state index in [4.69, 9.17) is 0 Å². The van der Waals surface area contributed by atoms with Gasteiger partial charge in [0.05, 0.1) is 12.8 Å². The smallest absolute Gasteiger partial charge is 0 e. The molecule has 2 rings (SSSR count). The molecule has 0 atom stereocenters. The monoisotopic (exact) mass is 725 g/mol. The van der Waals surface area contributed by atoms with Crippen molar-refractivity contribution in [1.82, 2.24) is 0 Å². The van der Waals surface area contributed by atoms with Gasteiger partial charge in [-0.25, -0.2) is 0 Å². The molecule has 2 aliphatic carbocycles. The largest absolute Gasteiger partial charge is 0 e. The normalized spacial score (nSPS) is 23.5. The van der Waals surface area contributed by atoms with E-state index in [2.05, 4.69) is 39.6 Å². The van der Waals surface area contributed by atoms with E-state index in [0.29, 0.717) is 0 Å². The van der Waals surface area contributed by atoms with Crippen LogP contribution in [0.3, 0.4) is 0 Å². The Morgan fingerprint density at radius 3 is 0.788 bits per heavy atom. The zero-order valence-corrected chi connectivity index (χ0v) is 22.3. The van der Waals surface area contributed by atoms with Gasteiger partial charge >= 0.3 is 66.0 Å². The Kier molecular flexibility index (Phi) is 12.3. The van der Waals surface area contributed by atoms with Crippen LogP contribution in [0.2, 0.25) is 0 Å². The van der Waals surface area contributed by atoms with Crippen molar-refractivity contribution in [2.24, 2.45) is 0 Å². The molecule has 0 aromatic carbocycles. The van der Waals surface area contributed by atoms with Crippen LogP contribution in [0, 0.1) is 61.7 Å². The number of hydrogen-bond donors (Lipinski definition) is 1. The average molecular weight is 725 g/mol. The van der Waals surface area contributed by atoms with Crippen molar-refractivity contribution in [1.29, 1.82) is 0 Å². The second-order valence-electron chi connectivity index (χ2n) is 6.66. The Labute approximate surface area is 200 Å². The van der Waals surface area contributed by atoms with Crippen LogP contribution in [0.25, 0.3) is 0 Å². The van der Waals surface area contributed by atoms with E-state index in [1.807, 2.05) is 39.2 Å². The summed E-state index contributed by atoms with van der Waals surface area (Å²) in [5.41, 5.74) is 1.16. The fraction of sp³-hybridized carbons (Fsp3) is 0.353. The molecule has 2 aliphatic rings. The molecule has 0 heterocycles. The maximum absolute atomic E-state index is 10.7. The first-order valence-electron chi connectivity index (χ1n) is 8.44. The molecule has 0 bridgehead atoms. The SMILES string of the molecule is C[C]1[C](C)[C](C)[C](C)[C]1C.C[NH+]=C1[CH][CH][CH][CH][CH]1.F[P-](F)(F)(F)(F)F.F[P-](F)(F)(F)(F)F.[Ir]. The molecular weight excluding hydrogens is 700 g/mol. The maximum atomic E-state index is 9.87. The van der Waals surface area contributed by atoms with Gasteiger partial charge in [-0.3, -0.25) is 4.99 Å². The Balaban J connectivity index is -0.000000365. The van der Waals surface area contributed by atoms with E-state index in [9.17, 15) is 50.4 Å². The van der Waals surface area contributed by atoms with E-state index in [1.54, 1.807) is 0 Å².